The Bertz CT molecular complexity index is 876. The molecule has 2 aromatic carbocycles. The number of hydrogen-bond acceptors (Lipinski definition) is 4. The van der Waals surface area contributed by atoms with Crippen molar-refractivity contribution in [2.45, 2.75) is 13.8 Å². The summed E-state index contributed by atoms with van der Waals surface area (Å²) in [6.07, 6.45) is 1.79. The molecule has 0 aliphatic rings. The van der Waals surface area contributed by atoms with Gasteiger partial charge in [0.25, 0.3) is 0 Å². The van der Waals surface area contributed by atoms with E-state index < -0.39 is 0 Å². The molecule has 5 heteroatoms. The molecule has 0 bridgehead atoms. The first-order valence-corrected chi connectivity index (χ1v) is 8.54. The van der Waals surface area contributed by atoms with Crippen LogP contribution >= 0.6 is 15.9 Å². The van der Waals surface area contributed by atoms with Gasteiger partial charge in [-0.15, -0.1) is 0 Å². The van der Waals surface area contributed by atoms with E-state index in [1.807, 2.05) is 62.4 Å². The summed E-state index contributed by atoms with van der Waals surface area (Å²) >= 11 is 3.50. The van der Waals surface area contributed by atoms with Crippen molar-refractivity contribution in [3.05, 3.63) is 64.3 Å². The molecular formula is C19H18BrN3O. The topological polar surface area (TPSA) is 46.5 Å². The second kappa shape index (κ2) is 7.45. The van der Waals surface area contributed by atoms with Crippen molar-refractivity contribution in [2.75, 3.05) is 12.0 Å². The Morgan fingerprint density at radius 2 is 1.96 bits per heavy atom. The van der Waals surface area contributed by atoms with Crippen LogP contribution in [0.25, 0.3) is 10.9 Å². The molecule has 0 spiro atoms. The standard InChI is InChI=1S/C19H18BrN3O/c1-3-24-16-7-4-14(5-8-16)12-21-23-19-10-13(2)22-18-9-6-15(20)11-17(18)19/h4-12H,3H2,1-2H3,(H,22,23)/b21-12+. The predicted octanol–water partition coefficient (Wildman–Crippen LogP) is 5.15. The zero-order valence-electron chi connectivity index (χ0n) is 13.6. The monoisotopic (exact) mass is 383 g/mol. The molecule has 0 aliphatic carbocycles. The number of halogens is 1. The third-order valence-corrected chi connectivity index (χ3v) is 3.98. The molecule has 1 heterocycles. The summed E-state index contributed by atoms with van der Waals surface area (Å²) in [5, 5.41) is 5.38. The Balaban J connectivity index is 1.81. The number of rotatable bonds is 5. The fourth-order valence-electron chi connectivity index (χ4n) is 2.42. The molecule has 0 fully saturated rings. The summed E-state index contributed by atoms with van der Waals surface area (Å²) in [6.45, 7) is 4.61. The lowest BCUT2D eigenvalue weighted by Crippen LogP contribution is -1.95. The fraction of sp³-hybridized carbons (Fsp3) is 0.158. The number of anilines is 1. The summed E-state index contributed by atoms with van der Waals surface area (Å²) < 4.78 is 6.45. The van der Waals surface area contributed by atoms with Crippen molar-refractivity contribution in [3.63, 3.8) is 0 Å². The number of benzene rings is 2. The van der Waals surface area contributed by atoms with Gasteiger partial charge in [0.2, 0.25) is 0 Å². The van der Waals surface area contributed by atoms with Gasteiger partial charge >= 0.3 is 0 Å². The van der Waals surface area contributed by atoms with E-state index in [2.05, 4.69) is 31.4 Å². The molecule has 24 heavy (non-hydrogen) atoms. The van der Waals surface area contributed by atoms with E-state index in [9.17, 15) is 0 Å². The predicted molar refractivity (Wildman–Crippen MR) is 103 cm³/mol. The van der Waals surface area contributed by atoms with E-state index >= 15 is 0 Å². The van der Waals surface area contributed by atoms with E-state index in [1.54, 1.807) is 6.21 Å². The third kappa shape index (κ3) is 3.92. The van der Waals surface area contributed by atoms with Crippen molar-refractivity contribution >= 4 is 38.7 Å². The summed E-state index contributed by atoms with van der Waals surface area (Å²) in [7, 11) is 0. The molecule has 0 saturated carbocycles. The van der Waals surface area contributed by atoms with Crippen LogP contribution in [0.4, 0.5) is 5.69 Å². The Morgan fingerprint density at radius 1 is 1.17 bits per heavy atom. The number of ether oxygens (including phenoxy) is 1. The maximum atomic E-state index is 5.44. The minimum Gasteiger partial charge on any atom is -0.494 e. The van der Waals surface area contributed by atoms with Crippen LogP contribution in [0.15, 0.2) is 58.1 Å². The second-order valence-corrected chi connectivity index (χ2v) is 6.26. The highest BCUT2D eigenvalue weighted by molar-refractivity contribution is 9.10. The quantitative estimate of drug-likeness (QED) is 0.489. The van der Waals surface area contributed by atoms with Crippen LogP contribution in [0.5, 0.6) is 5.75 Å². The Kier molecular flexibility index (Phi) is 5.11. The van der Waals surface area contributed by atoms with Crippen molar-refractivity contribution in [3.8, 4) is 5.75 Å². The van der Waals surface area contributed by atoms with Gasteiger partial charge in [0.05, 0.1) is 24.0 Å². The smallest absolute Gasteiger partial charge is 0.119 e. The molecule has 0 saturated heterocycles. The summed E-state index contributed by atoms with van der Waals surface area (Å²) in [6, 6.07) is 15.8. The summed E-state index contributed by atoms with van der Waals surface area (Å²) in [5.41, 5.74) is 6.94. The minimum atomic E-state index is 0.666. The van der Waals surface area contributed by atoms with Crippen LogP contribution < -0.4 is 10.2 Å². The number of nitrogens with one attached hydrogen (secondary N) is 1. The number of aryl methyl sites for hydroxylation is 1. The van der Waals surface area contributed by atoms with Gasteiger partial charge in [0.15, 0.2) is 0 Å². The Hall–Kier alpha value is -2.40. The SMILES string of the molecule is CCOc1ccc(/C=N/Nc2cc(C)nc3ccc(Br)cc23)cc1. The van der Waals surface area contributed by atoms with Gasteiger partial charge in [-0.25, -0.2) is 0 Å². The minimum absolute atomic E-state index is 0.666. The number of hydrogen-bond donors (Lipinski definition) is 1. The lowest BCUT2D eigenvalue weighted by Gasteiger charge is -2.07. The van der Waals surface area contributed by atoms with Crippen LogP contribution in [0.2, 0.25) is 0 Å². The van der Waals surface area contributed by atoms with Gasteiger partial charge in [-0.05, 0) is 67.9 Å². The first-order valence-electron chi connectivity index (χ1n) is 7.74. The number of fused-ring (bicyclic) bond motifs is 1. The van der Waals surface area contributed by atoms with Gasteiger partial charge in [0, 0.05) is 15.6 Å². The van der Waals surface area contributed by atoms with E-state index in [0.29, 0.717) is 6.61 Å². The van der Waals surface area contributed by atoms with Crippen LogP contribution in [0.1, 0.15) is 18.2 Å². The molecule has 3 aromatic rings. The van der Waals surface area contributed by atoms with E-state index in [1.165, 1.54) is 0 Å². The Morgan fingerprint density at radius 3 is 2.71 bits per heavy atom. The molecule has 0 radical (unpaired) electrons. The van der Waals surface area contributed by atoms with Crippen LogP contribution in [-0.4, -0.2) is 17.8 Å². The van der Waals surface area contributed by atoms with Crippen molar-refractivity contribution < 1.29 is 4.74 Å². The molecule has 122 valence electrons. The maximum Gasteiger partial charge on any atom is 0.119 e. The lowest BCUT2D eigenvalue weighted by atomic mass is 10.1. The molecule has 0 unspecified atom stereocenters. The zero-order chi connectivity index (χ0) is 16.9. The summed E-state index contributed by atoms with van der Waals surface area (Å²) in [5.74, 6) is 0.864. The molecule has 1 aromatic heterocycles. The number of nitrogens with zero attached hydrogens (tertiary/aromatic N) is 2. The highest BCUT2D eigenvalue weighted by Crippen LogP contribution is 2.26. The van der Waals surface area contributed by atoms with Crippen LogP contribution in [0, 0.1) is 6.92 Å². The molecular weight excluding hydrogens is 366 g/mol. The lowest BCUT2D eigenvalue weighted by molar-refractivity contribution is 0.340. The fourth-order valence-corrected chi connectivity index (χ4v) is 2.78. The van der Waals surface area contributed by atoms with Crippen molar-refractivity contribution in [1.29, 1.82) is 0 Å². The van der Waals surface area contributed by atoms with Gasteiger partial charge < -0.3 is 4.74 Å². The summed E-state index contributed by atoms with van der Waals surface area (Å²) in [4.78, 5) is 4.54. The first kappa shape index (κ1) is 16.5. The molecule has 3 rings (SSSR count). The normalized spacial score (nSPS) is 11.1. The zero-order valence-corrected chi connectivity index (χ0v) is 15.2. The van der Waals surface area contributed by atoms with E-state index in [4.69, 9.17) is 4.74 Å². The maximum absolute atomic E-state index is 5.44. The first-order chi connectivity index (χ1) is 11.7. The van der Waals surface area contributed by atoms with Crippen molar-refractivity contribution in [1.82, 2.24) is 4.98 Å². The number of hydrazone groups is 1. The van der Waals surface area contributed by atoms with Gasteiger partial charge in [-0.2, -0.15) is 5.10 Å². The second-order valence-electron chi connectivity index (χ2n) is 5.34. The molecule has 1 N–H and O–H groups in total. The van der Waals surface area contributed by atoms with Gasteiger partial charge in [0.1, 0.15) is 5.75 Å². The Labute approximate surface area is 149 Å². The third-order valence-electron chi connectivity index (χ3n) is 3.49. The highest BCUT2D eigenvalue weighted by Gasteiger charge is 2.04. The van der Waals surface area contributed by atoms with Crippen molar-refractivity contribution in [2.24, 2.45) is 5.10 Å². The molecule has 0 atom stereocenters. The number of pyridine rings is 1. The molecule has 4 nitrogen and oxygen atoms in total. The number of aromatic nitrogens is 1. The average Bonchev–Trinajstić information content (AvgIpc) is 2.57. The van der Waals surface area contributed by atoms with E-state index in [-0.39, 0.29) is 0 Å². The largest absolute Gasteiger partial charge is 0.494 e. The molecule has 0 amide bonds. The van der Waals surface area contributed by atoms with Gasteiger partial charge in [-0.3, -0.25) is 10.4 Å². The van der Waals surface area contributed by atoms with E-state index in [0.717, 1.165) is 38.1 Å². The van der Waals surface area contributed by atoms with Crippen LogP contribution in [0.3, 0.4) is 0 Å². The average molecular weight is 384 g/mol. The highest BCUT2D eigenvalue weighted by atomic mass is 79.9. The van der Waals surface area contributed by atoms with Crippen LogP contribution in [-0.2, 0) is 0 Å². The van der Waals surface area contributed by atoms with Gasteiger partial charge in [-0.1, -0.05) is 15.9 Å². The molecule has 0 aliphatic heterocycles.